The van der Waals surface area contributed by atoms with Gasteiger partial charge in [0.05, 0.1) is 34.0 Å². The van der Waals surface area contributed by atoms with Gasteiger partial charge in [-0.1, -0.05) is 35.5 Å². The fourth-order valence-electron chi connectivity index (χ4n) is 3.54. The summed E-state index contributed by atoms with van der Waals surface area (Å²) < 4.78 is 3.38. The van der Waals surface area contributed by atoms with Crippen molar-refractivity contribution < 1.29 is 4.79 Å². The lowest BCUT2D eigenvalue weighted by Gasteiger charge is -2.11. The molecule has 3 heterocycles. The molecule has 0 radical (unpaired) electrons. The van der Waals surface area contributed by atoms with E-state index in [1.165, 1.54) is 0 Å². The van der Waals surface area contributed by atoms with Gasteiger partial charge >= 0.3 is 0 Å². The molecule has 8 heteroatoms. The fourth-order valence-corrected chi connectivity index (χ4v) is 3.54. The van der Waals surface area contributed by atoms with E-state index in [0.29, 0.717) is 11.4 Å². The van der Waals surface area contributed by atoms with Crippen molar-refractivity contribution in [3.05, 3.63) is 90.1 Å². The van der Waals surface area contributed by atoms with Gasteiger partial charge < -0.3 is 5.32 Å². The molecule has 0 bridgehead atoms. The molecule has 5 rings (SSSR count). The third-order valence-corrected chi connectivity index (χ3v) is 5.07. The molecule has 8 nitrogen and oxygen atoms in total. The Morgan fingerprint density at radius 2 is 1.74 bits per heavy atom. The van der Waals surface area contributed by atoms with Crippen molar-refractivity contribution in [3.63, 3.8) is 0 Å². The Balaban J connectivity index is 1.49. The zero-order chi connectivity index (χ0) is 21.4. The maximum absolute atomic E-state index is 13.1. The van der Waals surface area contributed by atoms with Gasteiger partial charge in [0.25, 0.3) is 5.91 Å². The molecule has 1 N–H and O–H groups in total. The molecule has 0 fully saturated rings. The van der Waals surface area contributed by atoms with E-state index in [0.717, 1.165) is 28.0 Å². The van der Waals surface area contributed by atoms with Crippen LogP contribution in [0.25, 0.3) is 22.3 Å². The first-order valence-electron chi connectivity index (χ1n) is 9.81. The number of benzene rings is 2. The molecule has 5 aromatic rings. The third kappa shape index (κ3) is 3.33. The monoisotopic (exact) mass is 409 g/mol. The first kappa shape index (κ1) is 18.7. The Morgan fingerprint density at radius 3 is 2.58 bits per heavy atom. The molecule has 3 aromatic heterocycles. The summed E-state index contributed by atoms with van der Waals surface area (Å²) in [4.78, 5) is 17.5. The number of amides is 1. The van der Waals surface area contributed by atoms with Crippen molar-refractivity contribution in [1.82, 2.24) is 29.8 Å². The SMILES string of the molecule is Cc1ccn(-c2ccccc2NC(=O)c2nnn(-c3cccc4cccnc34)c2C)n1. The fraction of sp³-hybridized carbons (Fsp3) is 0.0870. The lowest BCUT2D eigenvalue weighted by Crippen LogP contribution is -2.16. The highest BCUT2D eigenvalue weighted by atomic mass is 16.2. The van der Waals surface area contributed by atoms with Gasteiger partial charge in [0.2, 0.25) is 0 Å². The Bertz CT molecular complexity index is 1410. The number of hydrogen-bond acceptors (Lipinski definition) is 5. The summed E-state index contributed by atoms with van der Waals surface area (Å²) in [5, 5.41) is 16.8. The van der Waals surface area contributed by atoms with Gasteiger partial charge in [0.15, 0.2) is 5.69 Å². The third-order valence-electron chi connectivity index (χ3n) is 5.07. The highest BCUT2D eigenvalue weighted by Gasteiger charge is 2.20. The van der Waals surface area contributed by atoms with Crippen LogP contribution in [0.15, 0.2) is 73.1 Å². The van der Waals surface area contributed by atoms with E-state index in [9.17, 15) is 4.79 Å². The number of anilines is 1. The van der Waals surface area contributed by atoms with E-state index in [-0.39, 0.29) is 11.6 Å². The first-order chi connectivity index (χ1) is 15.1. The van der Waals surface area contributed by atoms with E-state index in [1.807, 2.05) is 80.7 Å². The highest BCUT2D eigenvalue weighted by Crippen LogP contribution is 2.23. The molecule has 2 aromatic carbocycles. The number of fused-ring (bicyclic) bond motifs is 1. The zero-order valence-corrected chi connectivity index (χ0v) is 17.0. The average molecular weight is 409 g/mol. The molecule has 0 aliphatic rings. The lowest BCUT2D eigenvalue weighted by molar-refractivity contribution is 0.102. The zero-order valence-electron chi connectivity index (χ0n) is 17.0. The van der Waals surface area contributed by atoms with E-state index >= 15 is 0 Å². The molecular formula is C23H19N7O. The highest BCUT2D eigenvalue weighted by molar-refractivity contribution is 6.04. The predicted molar refractivity (Wildman–Crippen MR) is 118 cm³/mol. The summed E-state index contributed by atoms with van der Waals surface area (Å²) >= 11 is 0. The number of para-hydroxylation sites is 3. The van der Waals surface area contributed by atoms with Crippen molar-refractivity contribution in [2.45, 2.75) is 13.8 Å². The van der Waals surface area contributed by atoms with Crippen LogP contribution in [-0.4, -0.2) is 35.7 Å². The second-order valence-corrected chi connectivity index (χ2v) is 7.16. The largest absolute Gasteiger partial charge is 0.319 e. The Morgan fingerprint density at radius 1 is 0.935 bits per heavy atom. The molecule has 31 heavy (non-hydrogen) atoms. The lowest BCUT2D eigenvalue weighted by atomic mass is 10.2. The van der Waals surface area contributed by atoms with Crippen molar-refractivity contribution in [1.29, 1.82) is 0 Å². The molecule has 0 aliphatic carbocycles. The summed E-state index contributed by atoms with van der Waals surface area (Å²) in [6.45, 7) is 3.74. The van der Waals surface area contributed by atoms with Crippen LogP contribution in [0.4, 0.5) is 5.69 Å². The summed E-state index contributed by atoms with van der Waals surface area (Å²) in [7, 11) is 0. The van der Waals surface area contributed by atoms with Crippen molar-refractivity contribution >= 4 is 22.5 Å². The van der Waals surface area contributed by atoms with Crippen LogP contribution in [0.3, 0.4) is 0 Å². The van der Waals surface area contributed by atoms with Gasteiger partial charge in [0, 0.05) is 17.8 Å². The molecular weight excluding hydrogens is 390 g/mol. The smallest absolute Gasteiger partial charge is 0.278 e. The number of nitrogens with zero attached hydrogens (tertiary/aromatic N) is 6. The number of carbonyl (C=O) groups is 1. The van der Waals surface area contributed by atoms with Gasteiger partial charge in [-0.15, -0.1) is 5.10 Å². The van der Waals surface area contributed by atoms with E-state index in [1.54, 1.807) is 15.6 Å². The Kier molecular flexibility index (Phi) is 4.51. The quantitative estimate of drug-likeness (QED) is 0.487. The predicted octanol–water partition coefficient (Wildman–Crippen LogP) is 3.87. The van der Waals surface area contributed by atoms with Crippen LogP contribution < -0.4 is 5.32 Å². The topological polar surface area (TPSA) is 90.5 Å². The molecule has 0 atom stereocenters. The van der Waals surface area contributed by atoms with Crippen LogP contribution in [-0.2, 0) is 0 Å². The second kappa shape index (κ2) is 7.49. The van der Waals surface area contributed by atoms with Crippen LogP contribution in [0.1, 0.15) is 21.9 Å². The maximum Gasteiger partial charge on any atom is 0.278 e. The van der Waals surface area contributed by atoms with Gasteiger partial charge in [0.1, 0.15) is 0 Å². The van der Waals surface area contributed by atoms with Crippen molar-refractivity contribution in [3.8, 4) is 11.4 Å². The second-order valence-electron chi connectivity index (χ2n) is 7.16. The van der Waals surface area contributed by atoms with Gasteiger partial charge in [-0.2, -0.15) is 5.10 Å². The van der Waals surface area contributed by atoms with Crippen LogP contribution in [0.5, 0.6) is 0 Å². The van der Waals surface area contributed by atoms with Crippen LogP contribution in [0.2, 0.25) is 0 Å². The van der Waals surface area contributed by atoms with Crippen LogP contribution in [0, 0.1) is 13.8 Å². The average Bonchev–Trinajstić information content (AvgIpc) is 3.39. The minimum atomic E-state index is -0.340. The van der Waals surface area contributed by atoms with E-state index in [2.05, 4.69) is 25.7 Å². The number of aromatic nitrogens is 6. The van der Waals surface area contributed by atoms with E-state index < -0.39 is 0 Å². The number of pyridine rings is 1. The first-order valence-corrected chi connectivity index (χ1v) is 9.81. The molecule has 0 saturated heterocycles. The number of nitrogens with one attached hydrogen (secondary N) is 1. The molecule has 152 valence electrons. The molecule has 0 aliphatic heterocycles. The number of aryl methyl sites for hydroxylation is 1. The molecule has 0 saturated carbocycles. The minimum Gasteiger partial charge on any atom is -0.319 e. The van der Waals surface area contributed by atoms with Crippen molar-refractivity contribution in [2.75, 3.05) is 5.32 Å². The Labute approximate surface area is 178 Å². The summed E-state index contributed by atoms with van der Waals surface area (Å²) in [5.41, 5.74) is 4.74. The van der Waals surface area contributed by atoms with Crippen molar-refractivity contribution in [2.24, 2.45) is 0 Å². The van der Waals surface area contributed by atoms with Gasteiger partial charge in [-0.3, -0.25) is 9.78 Å². The summed E-state index contributed by atoms with van der Waals surface area (Å²) in [6.07, 6.45) is 3.59. The van der Waals surface area contributed by atoms with Gasteiger partial charge in [-0.25, -0.2) is 9.36 Å². The Hall–Kier alpha value is -4.33. The summed E-state index contributed by atoms with van der Waals surface area (Å²) in [5.74, 6) is -0.340. The molecule has 1 amide bonds. The van der Waals surface area contributed by atoms with Gasteiger partial charge in [-0.05, 0) is 44.2 Å². The van der Waals surface area contributed by atoms with E-state index in [4.69, 9.17) is 0 Å². The summed E-state index contributed by atoms with van der Waals surface area (Å²) in [6, 6.07) is 19.1. The van der Waals surface area contributed by atoms with Crippen LogP contribution >= 0.6 is 0 Å². The number of rotatable bonds is 4. The number of hydrogen-bond donors (Lipinski definition) is 1. The number of carbonyl (C=O) groups excluding carboxylic acids is 1. The maximum atomic E-state index is 13.1. The normalized spacial score (nSPS) is 11.0. The standard InChI is InChI=1S/C23H19N7O/c1-15-12-14-29(27-15)19-10-4-3-9-18(19)25-23(31)21-16(2)30(28-26-21)20-11-5-7-17-8-6-13-24-22(17)20/h3-14H,1-2H3,(H,25,31). The molecule has 0 unspecified atom stereocenters. The molecule has 0 spiro atoms. The minimum absolute atomic E-state index is 0.249.